The highest BCUT2D eigenvalue weighted by Crippen LogP contribution is 2.24. The Labute approximate surface area is 188 Å². The third-order valence-corrected chi connectivity index (χ3v) is 7.40. The number of hydrogen-bond donors (Lipinski definition) is 0. The van der Waals surface area contributed by atoms with E-state index in [0.717, 1.165) is 22.5 Å². The summed E-state index contributed by atoms with van der Waals surface area (Å²) in [6.45, 7) is 3.99. The molecule has 3 aromatic rings. The number of thioether (sulfide) groups is 1. The summed E-state index contributed by atoms with van der Waals surface area (Å²) in [6, 6.07) is 11.8. The van der Waals surface area contributed by atoms with Crippen molar-refractivity contribution in [2.45, 2.75) is 35.4 Å². The highest BCUT2D eigenvalue weighted by atomic mass is 32.2. The van der Waals surface area contributed by atoms with Crippen LogP contribution in [0.1, 0.15) is 24.2 Å². The van der Waals surface area contributed by atoms with E-state index >= 15 is 0 Å². The average molecular weight is 479 g/mol. The summed E-state index contributed by atoms with van der Waals surface area (Å²) >= 11 is 2.79. The Bertz CT molecular complexity index is 1320. The molecule has 164 valence electrons. The van der Waals surface area contributed by atoms with E-state index in [1.807, 2.05) is 6.07 Å². The highest BCUT2D eigenvalue weighted by Gasteiger charge is 2.15. The van der Waals surface area contributed by atoms with Gasteiger partial charge in [0.05, 0.1) is 22.2 Å². The molecule has 0 aliphatic rings. The van der Waals surface area contributed by atoms with Gasteiger partial charge in [0.15, 0.2) is 14.6 Å². The van der Waals surface area contributed by atoms with Gasteiger partial charge in [-0.2, -0.15) is 4.99 Å². The molecular weight excluding hydrogens is 456 g/mol. The summed E-state index contributed by atoms with van der Waals surface area (Å²) in [5, 5.41) is 0.371. The number of sulfone groups is 1. The van der Waals surface area contributed by atoms with Crippen molar-refractivity contribution in [1.82, 2.24) is 4.57 Å². The number of benzene rings is 2. The fourth-order valence-corrected chi connectivity index (χ4v) is 5.53. The Kier molecular flexibility index (Phi) is 7.03. The molecular formula is C21H22N2O5S3. The monoisotopic (exact) mass is 478 g/mol. The van der Waals surface area contributed by atoms with Gasteiger partial charge >= 0.3 is 5.97 Å². The molecule has 0 aliphatic carbocycles. The molecule has 0 atom stereocenters. The third kappa shape index (κ3) is 5.63. The molecule has 7 nitrogen and oxygen atoms in total. The first kappa shape index (κ1) is 23.2. The topological polar surface area (TPSA) is 94.8 Å². The standard InChI is InChI=1S/C21H22N2O5S3/c1-13(2)29-15-7-5-6-14(10-15)20(25)22-21-23(12-19(24)28-3)17-9-8-16(31(4,26)27)11-18(17)30-21/h5-11,13H,12H2,1-4H3. The molecule has 0 aliphatic heterocycles. The quantitative estimate of drug-likeness (QED) is 0.397. The fourth-order valence-electron chi connectivity index (χ4n) is 2.84. The van der Waals surface area contributed by atoms with Crippen molar-refractivity contribution in [1.29, 1.82) is 0 Å². The first-order valence-corrected chi connectivity index (χ1v) is 12.9. The zero-order valence-corrected chi connectivity index (χ0v) is 19.9. The number of esters is 1. The summed E-state index contributed by atoms with van der Waals surface area (Å²) in [7, 11) is -2.12. The Morgan fingerprint density at radius 3 is 2.58 bits per heavy atom. The molecule has 0 bridgehead atoms. The van der Waals surface area contributed by atoms with Gasteiger partial charge in [-0.15, -0.1) is 11.8 Å². The van der Waals surface area contributed by atoms with Crippen LogP contribution < -0.4 is 4.80 Å². The lowest BCUT2D eigenvalue weighted by Gasteiger charge is -2.06. The lowest BCUT2D eigenvalue weighted by molar-refractivity contribution is -0.141. The summed E-state index contributed by atoms with van der Waals surface area (Å²) in [5.41, 5.74) is 1.03. The lowest BCUT2D eigenvalue weighted by Crippen LogP contribution is -2.22. The second-order valence-corrected chi connectivity index (χ2v) is 11.7. The van der Waals surface area contributed by atoms with E-state index in [4.69, 9.17) is 4.74 Å². The Balaban J connectivity index is 2.12. The average Bonchev–Trinajstić information content (AvgIpc) is 3.03. The minimum absolute atomic E-state index is 0.149. The Hall–Kier alpha value is -2.43. The fraction of sp³-hybridized carbons (Fsp3) is 0.286. The van der Waals surface area contributed by atoms with E-state index in [2.05, 4.69) is 18.8 Å². The number of carbonyl (C=O) groups excluding carboxylic acids is 2. The van der Waals surface area contributed by atoms with Gasteiger partial charge in [-0.25, -0.2) is 8.42 Å². The van der Waals surface area contributed by atoms with Crippen LogP contribution in [-0.2, 0) is 25.9 Å². The Morgan fingerprint density at radius 2 is 1.94 bits per heavy atom. The van der Waals surface area contributed by atoms with Crippen molar-refractivity contribution in [3.05, 3.63) is 52.8 Å². The normalized spacial score (nSPS) is 12.5. The largest absolute Gasteiger partial charge is 0.468 e. The van der Waals surface area contributed by atoms with Crippen LogP contribution in [0.3, 0.4) is 0 Å². The highest BCUT2D eigenvalue weighted by molar-refractivity contribution is 7.99. The van der Waals surface area contributed by atoms with Crippen LogP contribution in [0.4, 0.5) is 0 Å². The minimum Gasteiger partial charge on any atom is -0.468 e. The van der Waals surface area contributed by atoms with Crippen LogP contribution in [-0.4, -0.2) is 43.5 Å². The van der Waals surface area contributed by atoms with Gasteiger partial charge in [0, 0.05) is 22.0 Å². The van der Waals surface area contributed by atoms with Crippen LogP contribution in [0, 0.1) is 0 Å². The SMILES string of the molecule is COC(=O)Cn1c(=NC(=O)c2cccc(SC(C)C)c2)sc2cc(S(C)(=O)=O)ccc21. The molecule has 10 heteroatoms. The summed E-state index contributed by atoms with van der Waals surface area (Å²) in [5.74, 6) is -0.948. The number of amides is 1. The second-order valence-electron chi connectivity index (χ2n) is 7.06. The number of ether oxygens (including phenoxy) is 1. The predicted molar refractivity (Wildman–Crippen MR) is 122 cm³/mol. The molecule has 0 saturated carbocycles. The predicted octanol–water partition coefficient (Wildman–Crippen LogP) is 3.52. The second kappa shape index (κ2) is 9.37. The molecule has 0 unspecified atom stereocenters. The van der Waals surface area contributed by atoms with E-state index in [1.54, 1.807) is 40.6 Å². The number of aromatic nitrogens is 1. The zero-order chi connectivity index (χ0) is 22.8. The van der Waals surface area contributed by atoms with Crippen LogP contribution in [0.15, 0.2) is 57.2 Å². The van der Waals surface area contributed by atoms with E-state index in [9.17, 15) is 18.0 Å². The number of nitrogens with zero attached hydrogens (tertiary/aromatic N) is 2. The van der Waals surface area contributed by atoms with Crippen molar-refractivity contribution >= 4 is 55.0 Å². The van der Waals surface area contributed by atoms with E-state index in [1.165, 1.54) is 19.2 Å². The number of carbonyl (C=O) groups is 2. The molecule has 0 radical (unpaired) electrons. The molecule has 0 fully saturated rings. The third-order valence-electron chi connectivity index (χ3n) is 4.25. The molecule has 0 spiro atoms. The van der Waals surface area contributed by atoms with Crippen LogP contribution >= 0.6 is 23.1 Å². The first-order valence-electron chi connectivity index (χ1n) is 9.34. The number of thiazole rings is 1. The van der Waals surface area contributed by atoms with Crippen LogP contribution in [0.5, 0.6) is 0 Å². The van der Waals surface area contributed by atoms with Gasteiger partial charge < -0.3 is 9.30 Å². The molecule has 0 N–H and O–H groups in total. The zero-order valence-electron chi connectivity index (χ0n) is 17.5. The maximum absolute atomic E-state index is 12.9. The van der Waals surface area contributed by atoms with Gasteiger partial charge in [0.1, 0.15) is 6.54 Å². The summed E-state index contributed by atoms with van der Waals surface area (Å²) in [6.07, 6.45) is 1.13. The van der Waals surface area contributed by atoms with Crippen LogP contribution in [0.2, 0.25) is 0 Å². The van der Waals surface area contributed by atoms with E-state index < -0.39 is 21.7 Å². The van der Waals surface area contributed by atoms with Crippen molar-refractivity contribution in [2.75, 3.05) is 13.4 Å². The molecule has 1 amide bonds. The summed E-state index contributed by atoms with van der Waals surface area (Å²) in [4.78, 5) is 30.5. The van der Waals surface area contributed by atoms with Gasteiger partial charge in [0.2, 0.25) is 0 Å². The van der Waals surface area contributed by atoms with Gasteiger partial charge in [-0.1, -0.05) is 31.3 Å². The van der Waals surface area contributed by atoms with Gasteiger partial charge in [-0.05, 0) is 36.4 Å². The molecule has 1 heterocycles. The van der Waals surface area contributed by atoms with Gasteiger partial charge in [0.25, 0.3) is 5.91 Å². The minimum atomic E-state index is -3.40. The maximum Gasteiger partial charge on any atom is 0.325 e. The molecule has 31 heavy (non-hydrogen) atoms. The van der Waals surface area contributed by atoms with Crippen molar-refractivity contribution in [2.24, 2.45) is 4.99 Å². The van der Waals surface area contributed by atoms with Gasteiger partial charge in [-0.3, -0.25) is 9.59 Å². The van der Waals surface area contributed by atoms with E-state index in [-0.39, 0.29) is 16.2 Å². The van der Waals surface area contributed by atoms with Crippen molar-refractivity contribution < 1.29 is 22.7 Å². The van der Waals surface area contributed by atoms with Crippen LogP contribution in [0.25, 0.3) is 10.2 Å². The van der Waals surface area contributed by atoms with Crippen molar-refractivity contribution in [3.63, 3.8) is 0 Å². The van der Waals surface area contributed by atoms with E-state index in [0.29, 0.717) is 21.0 Å². The maximum atomic E-state index is 12.9. The smallest absolute Gasteiger partial charge is 0.325 e. The number of rotatable bonds is 6. The molecule has 2 aromatic carbocycles. The number of methoxy groups -OCH3 is 1. The Morgan fingerprint density at radius 1 is 1.19 bits per heavy atom. The summed E-state index contributed by atoms with van der Waals surface area (Å²) < 4.78 is 30.7. The molecule has 0 saturated heterocycles. The number of fused-ring (bicyclic) bond motifs is 1. The lowest BCUT2D eigenvalue weighted by atomic mass is 10.2. The number of hydrogen-bond acceptors (Lipinski definition) is 7. The molecule has 3 rings (SSSR count). The molecule has 1 aromatic heterocycles. The van der Waals surface area contributed by atoms with Crippen molar-refractivity contribution in [3.8, 4) is 0 Å². The first-order chi connectivity index (χ1) is 14.6.